The Morgan fingerprint density at radius 3 is 2.67 bits per heavy atom. The van der Waals surface area contributed by atoms with E-state index < -0.39 is 11.6 Å². The number of unbranched alkanes of at least 4 members (excludes halogenated alkanes) is 2. The van der Waals surface area contributed by atoms with Gasteiger partial charge < -0.3 is 4.79 Å². The van der Waals surface area contributed by atoms with Crippen LogP contribution in [0.25, 0.3) is 0 Å². The molecule has 82 valence electrons. The molecule has 0 unspecified atom stereocenters. The molecule has 1 nitrogen and oxygen atoms in total. The van der Waals surface area contributed by atoms with E-state index in [0.29, 0.717) is 6.42 Å². The van der Waals surface area contributed by atoms with Crippen LogP contribution in [0.1, 0.15) is 19.3 Å². The van der Waals surface area contributed by atoms with Gasteiger partial charge in [0, 0.05) is 11.3 Å². The van der Waals surface area contributed by atoms with Gasteiger partial charge in [-0.1, -0.05) is 0 Å². The molecule has 0 aliphatic rings. The molecule has 0 N–H and O–H groups in total. The van der Waals surface area contributed by atoms with Crippen molar-refractivity contribution < 1.29 is 13.6 Å². The molecule has 1 aromatic carbocycles. The Kier molecular flexibility index (Phi) is 5.32. The van der Waals surface area contributed by atoms with Gasteiger partial charge in [-0.3, -0.25) is 0 Å². The minimum Gasteiger partial charge on any atom is -0.303 e. The highest BCUT2D eigenvalue weighted by molar-refractivity contribution is 7.99. The second kappa shape index (κ2) is 6.56. The quantitative estimate of drug-likeness (QED) is 0.423. The summed E-state index contributed by atoms with van der Waals surface area (Å²) in [6.07, 6.45) is 3.21. The first-order valence-electron chi connectivity index (χ1n) is 4.75. The predicted molar refractivity (Wildman–Crippen MR) is 57.0 cm³/mol. The highest BCUT2D eigenvalue weighted by Crippen LogP contribution is 2.21. The zero-order valence-corrected chi connectivity index (χ0v) is 9.03. The van der Waals surface area contributed by atoms with Gasteiger partial charge in [0.1, 0.15) is 6.29 Å². The average molecular weight is 230 g/mol. The fourth-order valence-corrected chi connectivity index (χ4v) is 2.02. The van der Waals surface area contributed by atoms with Crippen molar-refractivity contribution in [2.45, 2.75) is 24.2 Å². The lowest BCUT2D eigenvalue weighted by Crippen LogP contribution is -1.86. The summed E-state index contributed by atoms with van der Waals surface area (Å²) in [7, 11) is 0. The number of carbonyl (C=O) groups excluding carboxylic acids is 1. The van der Waals surface area contributed by atoms with Crippen molar-refractivity contribution in [2.75, 3.05) is 5.75 Å². The molecule has 0 aliphatic carbocycles. The van der Waals surface area contributed by atoms with Crippen LogP contribution in [0.5, 0.6) is 0 Å². The van der Waals surface area contributed by atoms with Gasteiger partial charge in [0.2, 0.25) is 0 Å². The van der Waals surface area contributed by atoms with E-state index in [1.165, 1.54) is 17.8 Å². The molecular formula is C11H12F2OS. The van der Waals surface area contributed by atoms with Crippen LogP contribution in [0, 0.1) is 11.6 Å². The maximum Gasteiger partial charge on any atom is 0.159 e. The molecule has 0 bridgehead atoms. The highest BCUT2D eigenvalue weighted by Gasteiger charge is 2.02. The highest BCUT2D eigenvalue weighted by atomic mass is 32.2. The second-order valence-electron chi connectivity index (χ2n) is 3.09. The lowest BCUT2D eigenvalue weighted by molar-refractivity contribution is -0.107. The summed E-state index contributed by atoms with van der Waals surface area (Å²) in [6, 6.07) is 3.88. The largest absolute Gasteiger partial charge is 0.303 e. The lowest BCUT2D eigenvalue weighted by Gasteiger charge is -2.01. The summed E-state index contributed by atoms with van der Waals surface area (Å²) in [5.74, 6) is -0.813. The molecule has 4 heteroatoms. The van der Waals surface area contributed by atoms with Crippen molar-refractivity contribution in [3.05, 3.63) is 29.8 Å². The summed E-state index contributed by atoms with van der Waals surface area (Å²) >= 11 is 1.47. The number of benzene rings is 1. The van der Waals surface area contributed by atoms with Crippen molar-refractivity contribution in [3.63, 3.8) is 0 Å². The van der Waals surface area contributed by atoms with Crippen LogP contribution in [0.15, 0.2) is 23.1 Å². The first kappa shape index (κ1) is 12.2. The number of hydrogen-bond donors (Lipinski definition) is 0. The van der Waals surface area contributed by atoms with E-state index in [0.717, 1.165) is 35.8 Å². The Labute approximate surface area is 91.9 Å². The van der Waals surface area contributed by atoms with Crippen LogP contribution in [0.4, 0.5) is 8.78 Å². The number of thioether (sulfide) groups is 1. The van der Waals surface area contributed by atoms with Crippen LogP contribution in [0.2, 0.25) is 0 Å². The number of halogens is 2. The molecule has 0 aromatic heterocycles. The van der Waals surface area contributed by atoms with E-state index >= 15 is 0 Å². The summed E-state index contributed by atoms with van der Waals surface area (Å²) < 4.78 is 25.3. The normalized spacial score (nSPS) is 10.3. The van der Waals surface area contributed by atoms with Gasteiger partial charge in [-0.05, 0) is 36.8 Å². The van der Waals surface area contributed by atoms with Gasteiger partial charge in [0.25, 0.3) is 0 Å². The van der Waals surface area contributed by atoms with E-state index in [4.69, 9.17) is 0 Å². The maximum absolute atomic E-state index is 12.8. The van der Waals surface area contributed by atoms with Gasteiger partial charge in [0.15, 0.2) is 11.6 Å². The molecule has 0 radical (unpaired) electrons. The van der Waals surface area contributed by atoms with Crippen molar-refractivity contribution in [2.24, 2.45) is 0 Å². The van der Waals surface area contributed by atoms with E-state index in [1.807, 2.05) is 0 Å². The van der Waals surface area contributed by atoms with Crippen molar-refractivity contribution >= 4 is 18.0 Å². The summed E-state index contributed by atoms with van der Waals surface area (Å²) in [4.78, 5) is 10.7. The molecule has 0 saturated carbocycles. The third kappa shape index (κ3) is 4.42. The summed E-state index contributed by atoms with van der Waals surface area (Å²) in [6.45, 7) is 0. The van der Waals surface area contributed by atoms with Crippen LogP contribution in [-0.4, -0.2) is 12.0 Å². The van der Waals surface area contributed by atoms with Gasteiger partial charge in [-0.2, -0.15) is 0 Å². The van der Waals surface area contributed by atoms with Gasteiger partial charge in [-0.15, -0.1) is 11.8 Å². The number of rotatable bonds is 6. The first-order chi connectivity index (χ1) is 7.24. The predicted octanol–water partition coefficient (Wildman–Crippen LogP) is 3.43. The molecule has 0 fully saturated rings. The Bertz CT molecular complexity index is 328. The van der Waals surface area contributed by atoms with Crippen molar-refractivity contribution in [3.8, 4) is 0 Å². The van der Waals surface area contributed by atoms with Crippen LogP contribution in [0.3, 0.4) is 0 Å². The van der Waals surface area contributed by atoms with Gasteiger partial charge in [-0.25, -0.2) is 8.78 Å². The van der Waals surface area contributed by atoms with Crippen LogP contribution >= 0.6 is 11.8 Å². The Morgan fingerprint density at radius 2 is 2.00 bits per heavy atom. The standard InChI is InChI=1S/C11H12F2OS/c12-10-5-4-9(8-11(10)13)15-7-3-1-2-6-14/h4-6,8H,1-3,7H2. The Balaban J connectivity index is 2.31. The molecule has 1 rings (SSSR count). The molecule has 15 heavy (non-hydrogen) atoms. The molecule has 0 spiro atoms. The number of carbonyl (C=O) groups is 1. The van der Waals surface area contributed by atoms with Crippen LogP contribution < -0.4 is 0 Å². The maximum atomic E-state index is 12.8. The van der Waals surface area contributed by atoms with Crippen molar-refractivity contribution in [1.82, 2.24) is 0 Å². The van der Waals surface area contributed by atoms with E-state index in [9.17, 15) is 13.6 Å². The third-order valence-corrected chi connectivity index (χ3v) is 2.96. The fraction of sp³-hybridized carbons (Fsp3) is 0.364. The third-order valence-electron chi connectivity index (χ3n) is 1.88. The number of hydrogen-bond acceptors (Lipinski definition) is 2. The van der Waals surface area contributed by atoms with E-state index in [2.05, 4.69) is 0 Å². The Morgan fingerprint density at radius 1 is 1.20 bits per heavy atom. The number of aldehydes is 1. The van der Waals surface area contributed by atoms with E-state index in [1.54, 1.807) is 6.07 Å². The summed E-state index contributed by atoms with van der Waals surface area (Å²) in [5.41, 5.74) is 0. The molecule has 1 aromatic rings. The van der Waals surface area contributed by atoms with E-state index in [-0.39, 0.29) is 0 Å². The molecule has 0 aliphatic heterocycles. The minimum absolute atomic E-state index is 0.568. The molecule has 0 saturated heterocycles. The minimum atomic E-state index is -0.819. The average Bonchev–Trinajstić information content (AvgIpc) is 2.23. The summed E-state index contributed by atoms with van der Waals surface area (Å²) in [5, 5.41) is 0. The topological polar surface area (TPSA) is 17.1 Å². The zero-order chi connectivity index (χ0) is 11.1. The SMILES string of the molecule is O=CCCCCSc1ccc(F)c(F)c1. The van der Waals surface area contributed by atoms with Crippen molar-refractivity contribution in [1.29, 1.82) is 0 Å². The molecule has 0 heterocycles. The fourth-order valence-electron chi connectivity index (χ4n) is 1.09. The second-order valence-corrected chi connectivity index (χ2v) is 4.26. The first-order valence-corrected chi connectivity index (χ1v) is 5.74. The molecule has 0 amide bonds. The molecule has 0 atom stereocenters. The van der Waals surface area contributed by atoms with Gasteiger partial charge in [0.05, 0.1) is 0 Å². The smallest absolute Gasteiger partial charge is 0.159 e. The zero-order valence-electron chi connectivity index (χ0n) is 8.21. The lowest BCUT2D eigenvalue weighted by atomic mass is 10.3. The Hall–Kier alpha value is -0.900. The monoisotopic (exact) mass is 230 g/mol. The van der Waals surface area contributed by atoms with Gasteiger partial charge >= 0.3 is 0 Å². The van der Waals surface area contributed by atoms with Crippen LogP contribution in [-0.2, 0) is 4.79 Å². The molecular weight excluding hydrogens is 218 g/mol.